The number of morpholine rings is 1. The number of ether oxygens (including phenoxy) is 3. The second-order valence-corrected chi connectivity index (χ2v) is 5.03. The Kier molecular flexibility index (Phi) is 6.43. The van der Waals surface area contributed by atoms with E-state index < -0.39 is 12.1 Å². The van der Waals surface area contributed by atoms with Gasteiger partial charge >= 0.3 is 5.97 Å². The average molecular weight is 338 g/mol. The number of carbonyl (C=O) groups excluding carboxylic acids is 1. The first kappa shape index (κ1) is 16.2. The highest BCUT2D eigenvalue weighted by molar-refractivity contribution is 6.99. The van der Waals surface area contributed by atoms with Crippen LogP contribution >= 0.6 is 23.3 Å². The maximum Gasteiger partial charge on any atom is 0.309 e. The fourth-order valence-corrected chi connectivity index (χ4v) is 2.42. The van der Waals surface area contributed by atoms with Crippen LogP contribution in [0.25, 0.3) is 0 Å². The molecule has 0 aromatic carbocycles. The molecular formula is C11H16ClN3O5S. The van der Waals surface area contributed by atoms with Gasteiger partial charge in [0.1, 0.15) is 6.61 Å². The molecule has 1 aromatic rings. The van der Waals surface area contributed by atoms with Crippen LogP contribution in [0.2, 0.25) is 0 Å². The molecule has 0 radical (unpaired) electrons. The van der Waals surface area contributed by atoms with Crippen molar-refractivity contribution in [3.8, 4) is 5.88 Å². The largest absolute Gasteiger partial charge is 0.472 e. The number of nitrogens with zero attached hydrogens (tertiary/aromatic N) is 3. The van der Waals surface area contributed by atoms with E-state index in [1.807, 2.05) is 4.90 Å². The molecule has 1 atom stereocenters. The fourth-order valence-electron chi connectivity index (χ4n) is 1.78. The lowest BCUT2D eigenvalue weighted by atomic mass is 10.3. The minimum absolute atomic E-state index is 0.0693. The summed E-state index contributed by atoms with van der Waals surface area (Å²) >= 11 is 6.29. The van der Waals surface area contributed by atoms with Crippen molar-refractivity contribution in [1.82, 2.24) is 8.75 Å². The standard InChI is InChI=1S/C11H16ClN3O5S/c12-7-20-9(17)5-8(16)6-19-11-10(13-21-14-11)15-1-3-18-4-2-15/h8,16H,1-7H2. The van der Waals surface area contributed by atoms with Crippen molar-refractivity contribution in [2.45, 2.75) is 12.5 Å². The van der Waals surface area contributed by atoms with Crippen molar-refractivity contribution in [1.29, 1.82) is 0 Å². The van der Waals surface area contributed by atoms with Gasteiger partial charge in [-0.3, -0.25) is 4.79 Å². The van der Waals surface area contributed by atoms with E-state index in [4.69, 9.17) is 21.1 Å². The Hall–Kier alpha value is -1.16. The number of halogens is 1. The molecule has 2 heterocycles. The van der Waals surface area contributed by atoms with Gasteiger partial charge in [-0.2, -0.15) is 4.37 Å². The van der Waals surface area contributed by atoms with Gasteiger partial charge in [0.15, 0.2) is 6.07 Å². The molecular weight excluding hydrogens is 322 g/mol. The van der Waals surface area contributed by atoms with E-state index in [-0.39, 0.29) is 19.1 Å². The number of esters is 1. The molecule has 0 aliphatic carbocycles. The van der Waals surface area contributed by atoms with E-state index in [2.05, 4.69) is 13.5 Å². The molecule has 0 bridgehead atoms. The van der Waals surface area contributed by atoms with Crippen LogP contribution < -0.4 is 9.64 Å². The zero-order valence-corrected chi connectivity index (χ0v) is 12.8. The summed E-state index contributed by atoms with van der Waals surface area (Å²) in [7, 11) is 0. The molecule has 0 amide bonds. The topological polar surface area (TPSA) is 94.0 Å². The molecule has 0 saturated carbocycles. The third-order valence-corrected chi connectivity index (χ3v) is 3.39. The van der Waals surface area contributed by atoms with Crippen LogP contribution in [-0.4, -0.2) is 64.9 Å². The van der Waals surface area contributed by atoms with E-state index in [1.54, 1.807) is 0 Å². The fraction of sp³-hybridized carbons (Fsp3) is 0.727. The molecule has 1 aliphatic rings. The molecule has 21 heavy (non-hydrogen) atoms. The van der Waals surface area contributed by atoms with Crippen LogP contribution in [0.1, 0.15) is 6.42 Å². The lowest BCUT2D eigenvalue weighted by Crippen LogP contribution is -2.36. The van der Waals surface area contributed by atoms with Crippen molar-refractivity contribution >= 4 is 35.1 Å². The number of carbonyl (C=O) groups is 1. The Morgan fingerprint density at radius 2 is 2.24 bits per heavy atom. The maximum absolute atomic E-state index is 11.2. The van der Waals surface area contributed by atoms with Crippen LogP contribution in [0.15, 0.2) is 0 Å². The lowest BCUT2D eigenvalue weighted by Gasteiger charge is -2.26. The summed E-state index contributed by atoms with van der Waals surface area (Å²) < 4.78 is 23.5. The molecule has 8 nitrogen and oxygen atoms in total. The summed E-state index contributed by atoms with van der Waals surface area (Å²) in [5.74, 6) is 0.413. The van der Waals surface area contributed by atoms with Crippen molar-refractivity contribution in [2.75, 3.05) is 43.9 Å². The number of hydrogen-bond acceptors (Lipinski definition) is 9. The minimum Gasteiger partial charge on any atom is -0.472 e. The van der Waals surface area contributed by atoms with E-state index in [9.17, 15) is 9.90 Å². The third-order valence-electron chi connectivity index (χ3n) is 2.78. The van der Waals surface area contributed by atoms with Crippen LogP contribution in [0, 0.1) is 0 Å². The van der Waals surface area contributed by atoms with E-state index in [0.29, 0.717) is 38.0 Å². The van der Waals surface area contributed by atoms with Crippen molar-refractivity contribution < 1.29 is 24.1 Å². The zero-order valence-electron chi connectivity index (χ0n) is 11.2. The molecule has 2 rings (SSSR count). The highest BCUT2D eigenvalue weighted by Gasteiger charge is 2.21. The SMILES string of the molecule is O=C(CC(O)COc1nsnc1N1CCOCC1)OCCl. The summed E-state index contributed by atoms with van der Waals surface area (Å²) in [4.78, 5) is 13.2. The Morgan fingerprint density at radius 1 is 1.48 bits per heavy atom. The van der Waals surface area contributed by atoms with Crippen LogP contribution in [0.4, 0.5) is 5.82 Å². The van der Waals surface area contributed by atoms with Gasteiger partial charge in [0.25, 0.3) is 5.88 Å². The van der Waals surface area contributed by atoms with Crippen LogP contribution in [-0.2, 0) is 14.3 Å². The monoisotopic (exact) mass is 337 g/mol. The van der Waals surface area contributed by atoms with Crippen molar-refractivity contribution in [2.24, 2.45) is 0 Å². The predicted octanol–water partition coefficient (Wildman–Crippen LogP) is 0.244. The number of aromatic nitrogens is 2. The highest BCUT2D eigenvalue weighted by atomic mass is 35.5. The first-order chi connectivity index (χ1) is 10.2. The predicted molar refractivity (Wildman–Crippen MR) is 75.9 cm³/mol. The molecule has 10 heteroatoms. The molecule has 1 fully saturated rings. The molecule has 118 valence electrons. The summed E-state index contributed by atoms with van der Waals surface area (Å²) in [5.41, 5.74) is 0. The van der Waals surface area contributed by atoms with Gasteiger partial charge in [0.2, 0.25) is 5.82 Å². The summed E-state index contributed by atoms with van der Waals surface area (Å²) in [6.07, 6.45) is -1.17. The van der Waals surface area contributed by atoms with Gasteiger partial charge in [0.05, 0.1) is 37.5 Å². The Labute approximate surface area is 130 Å². The normalized spacial score (nSPS) is 16.6. The van der Waals surface area contributed by atoms with Gasteiger partial charge in [-0.15, -0.1) is 4.37 Å². The molecule has 1 unspecified atom stereocenters. The smallest absolute Gasteiger partial charge is 0.309 e. The molecule has 1 N–H and O–H groups in total. The Bertz CT molecular complexity index is 455. The van der Waals surface area contributed by atoms with Gasteiger partial charge in [-0.1, -0.05) is 11.6 Å². The van der Waals surface area contributed by atoms with Gasteiger partial charge < -0.3 is 24.2 Å². The Balaban J connectivity index is 1.83. The molecule has 0 spiro atoms. The average Bonchev–Trinajstić information content (AvgIpc) is 2.94. The van der Waals surface area contributed by atoms with E-state index >= 15 is 0 Å². The molecule has 1 saturated heterocycles. The number of hydrogen-bond donors (Lipinski definition) is 1. The molecule has 1 aliphatic heterocycles. The maximum atomic E-state index is 11.2. The zero-order chi connectivity index (χ0) is 15.1. The number of aliphatic hydroxyl groups is 1. The van der Waals surface area contributed by atoms with Crippen LogP contribution in [0.5, 0.6) is 5.88 Å². The molecule has 1 aromatic heterocycles. The quantitative estimate of drug-likeness (QED) is 0.558. The summed E-state index contributed by atoms with van der Waals surface area (Å²) in [6, 6.07) is -0.233. The first-order valence-corrected chi connectivity index (χ1v) is 7.65. The second kappa shape index (κ2) is 8.32. The van der Waals surface area contributed by atoms with Gasteiger partial charge in [-0.25, -0.2) is 0 Å². The highest BCUT2D eigenvalue weighted by Crippen LogP contribution is 2.26. The van der Waals surface area contributed by atoms with E-state index in [0.717, 1.165) is 11.7 Å². The minimum atomic E-state index is -0.986. The third kappa shape index (κ3) is 4.95. The van der Waals surface area contributed by atoms with Crippen molar-refractivity contribution in [3.05, 3.63) is 0 Å². The summed E-state index contributed by atoms with van der Waals surface area (Å²) in [6.45, 7) is 2.62. The van der Waals surface area contributed by atoms with Gasteiger partial charge in [-0.05, 0) is 0 Å². The van der Waals surface area contributed by atoms with E-state index in [1.165, 1.54) is 0 Å². The van der Waals surface area contributed by atoms with Crippen molar-refractivity contribution in [3.63, 3.8) is 0 Å². The summed E-state index contributed by atoms with van der Waals surface area (Å²) in [5, 5.41) is 9.70. The van der Waals surface area contributed by atoms with Crippen LogP contribution in [0.3, 0.4) is 0 Å². The van der Waals surface area contributed by atoms with Gasteiger partial charge in [0, 0.05) is 13.1 Å². The number of anilines is 1. The Morgan fingerprint density at radius 3 is 2.95 bits per heavy atom. The number of aliphatic hydroxyl groups excluding tert-OH is 1. The lowest BCUT2D eigenvalue weighted by molar-refractivity contribution is -0.144. The second-order valence-electron chi connectivity index (χ2n) is 4.29. The first-order valence-electron chi connectivity index (χ1n) is 6.38. The number of rotatable bonds is 7. The number of alkyl halides is 1.